The van der Waals surface area contributed by atoms with E-state index in [1.165, 1.54) is 25.7 Å². The number of benzene rings is 1. The Hall–Kier alpha value is -1.11. The molecule has 0 aliphatic carbocycles. The Morgan fingerprint density at radius 3 is 1.93 bits per heavy atom. The van der Waals surface area contributed by atoms with E-state index in [2.05, 4.69) is 13.8 Å². The molecule has 0 saturated carbocycles. The fourth-order valence-electron chi connectivity index (χ4n) is 1.22. The van der Waals surface area contributed by atoms with Crippen molar-refractivity contribution in [3.8, 4) is 0 Å². The Balaban J connectivity index is 0.000000288. The van der Waals surface area contributed by atoms with E-state index < -0.39 is 0 Å². The molecule has 15 heavy (non-hydrogen) atoms. The summed E-state index contributed by atoms with van der Waals surface area (Å²) in [5, 5.41) is 0. The van der Waals surface area contributed by atoms with Crippen LogP contribution in [0.5, 0.6) is 0 Å². The molecule has 1 rings (SSSR count). The lowest BCUT2D eigenvalue weighted by atomic mass is 10.1. The van der Waals surface area contributed by atoms with E-state index in [0.29, 0.717) is 0 Å². The van der Waals surface area contributed by atoms with Crippen LogP contribution in [0, 0.1) is 6.92 Å². The highest BCUT2D eigenvalue weighted by atomic mass is 16.1. The van der Waals surface area contributed by atoms with Crippen LogP contribution < -0.4 is 0 Å². The van der Waals surface area contributed by atoms with Crippen LogP contribution in [0.3, 0.4) is 0 Å². The van der Waals surface area contributed by atoms with Gasteiger partial charge in [0, 0.05) is 5.56 Å². The Morgan fingerprint density at radius 2 is 1.60 bits per heavy atom. The molecule has 0 unspecified atom stereocenters. The second-order valence-electron chi connectivity index (χ2n) is 3.68. The van der Waals surface area contributed by atoms with E-state index >= 15 is 0 Å². The van der Waals surface area contributed by atoms with Crippen molar-refractivity contribution in [3.63, 3.8) is 0 Å². The number of aldehydes is 1. The molecule has 1 aromatic rings. The topological polar surface area (TPSA) is 17.1 Å². The molecule has 0 aromatic heterocycles. The van der Waals surface area contributed by atoms with Crippen LogP contribution in [0.2, 0.25) is 0 Å². The summed E-state index contributed by atoms with van der Waals surface area (Å²) >= 11 is 0. The van der Waals surface area contributed by atoms with Gasteiger partial charge in [0.1, 0.15) is 6.29 Å². The fraction of sp³-hybridized carbons (Fsp3) is 0.500. The normalized spacial score (nSPS) is 9.00. The van der Waals surface area contributed by atoms with Gasteiger partial charge in [-0.1, -0.05) is 63.8 Å². The van der Waals surface area contributed by atoms with Gasteiger partial charge in [-0.15, -0.1) is 0 Å². The monoisotopic (exact) mass is 206 g/mol. The first-order chi connectivity index (χ1) is 7.26. The third kappa shape index (κ3) is 6.89. The maximum absolute atomic E-state index is 10.2. The van der Waals surface area contributed by atoms with Crippen molar-refractivity contribution in [2.45, 2.75) is 46.5 Å². The molecule has 0 fully saturated rings. The Labute approximate surface area is 93.5 Å². The van der Waals surface area contributed by atoms with Gasteiger partial charge in [-0.05, 0) is 12.5 Å². The van der Waals surface area contributed by atoms with Crippen molar-refractivity contribution >= 4 is 6.29 Å². The lowest BCUT2D eigenvalue weighted by molar-refractivity contribution is 0.112. The van der Waals surface area contributed by atoms with Gasteiger partial charge in [0.05, 0.1) is 0 Å². The maximum Gasteiger partial charge on any atom is 0.150 e. The number of unbranched alkanes of at least 4 members (excludes halogenated alkanes) is 3. The summed E-state index contributed by atoms with van der Waals surface area (Å²) in [5.41, 5.74) is 1.81. The molecular formula is C14H22O. The zero-order valence-electron chi connectivity index (χ0n) is 10.1. The van der Waals surface area contributed by atoms with Crippen LogP contribution in [-0.2, 0) is 0 Å². The van der Waals surface area contributed by atoms with E-state index in [0.717, 1.165) is 17.4 Å². The molecule has 0 atom stereocenters. The molecule has 1 heteroatoms. The highest BCUT2D eigenvalue weighted by molar-refractivity contribution is 5.76. The van der Waals surface area contributed by atoms with E-state index in [9.17, 15) is 4.79 Å². The third-order valence-corrected chi connectivity index (χ3v) is 2.27. The summed E-state index contributed by atoms with van der Waals surface area (Å²) in [6.45, 7) is 6.38. The summed E-state index contributed by atoms with van der Waals surface area (Å²) < 4.78 is 0. The quantitative estimate of drug-likeness (QED) is 0.527. The molecule has 84 valence electrons. The first kappa shape index (κ1) is 13.9. The Bertz CT molecular complexity index is 262. The number of rotatable bonds is 4. The van der Waals surface area contributed by atoms with Crippen LogP contribution in [0.4, 0.5) is 0 Å². The molecular weight excluding hydrogens is 184 g/mol. The highest BCUT2D eigenvalue weighted by Gasteiger charge is 1.90. The van der Waals surface area contributed by atoms with Gasteiger partial charge < -0.3 is 0 Å². The number of carbonyl (C=O) groups is 1. The standard InChI is InChI=1S/C8H8O.C6H14/c1-7-4-2-3-5-8(7)6-9;1-3-5-6-4-2/h2-6H,1H3;3-6H2,1-2H3. The van der Waals surface area contributed by atoms with Crippen molar-refractivity contribution in [3.05, 3.63) is 35.4 Å². The summed E-state index contributed by atoms with van der Waals surface area (Å²) in [6, 6.07) is 7.51. The minimum absolute atomic E-state index is 0.775. The van der Waals surface area contributed by atoms with Crippen molar-refractivity contribution in [1.29, 1.82) is 0 Å². The molecule has 0 bridgehead atoms. The number of hydrogen-bond donors (Lipinski definition) is 0. The number of carbonyl (C=O) groups excluding carboxylic acids is 1. The smallest absolute Gasteiger partial charge is 0.150 e. The Kier molecular flexibility index (Phi) is 8.75. The SMILES string of the molecule is CCCCCC.Cc1ccccc1C=O. The highest BCUT2D eigenvalue weighted by Crippen LogP contribution is 2.02. The molecule has 0 aliphatic rings. The van der Waals surface area contributed by atoms with E-state index in [1.54, 1.807) is 0 Å². The molecule has 0 aliphatic heterocycles. The molecule has 0 radical (unpaired) electrons. The van der Waals surface area contributed by atoms with Crippen LogP contribution in [-0.4, -0.2) is 6.29 Å². The van der Waals surface area contributed by atoms with Crippen LogP contribution >= 0.6 is 0 Å². The molecule has 0 N–H and O–H groups in total. The van der Waals surface area contributed by atoms with E-state index in [-0.39, 0.29) is 0 Å². The van der Waals surface area contributed by atoms with E-state index in [1.807, 2.05) is 31.2 Å². The molecule has 0 spiro atoms. The average Bonchev–Trinajstić information content (AvgIpc) is 2.28. The van der Waals surface area contributed by atoms with Crippen molar-refractivity contribution in [2.24, 2.45) is 0 Å². The van der Waals surface area contributed by atoms with Gasteiger partial charge in [0.15, 0.2) is 0 Å². The molecule has 1 aromatic carbocycles. The molecule has 0 heterocycles. The largest absolute Gasteiger partial charge is 0.298 e. The second-order valence-corrected chi connectivity index (χ2v) is 3.68. The minimum atomic E-state index is 0.775. The van der Waals surface area contributed by atoms with Crippen molar-refractivity contribution < 1.29 is 4.79 Å². The van der Waals surface area contributed by atoms with E-state index in [4.69, 9.17) is 0 Å². The van der Waals surface area contributed by atoms with Crippen LogP contribution in [0.25, 0.3) is 0 Å². The third-order valence-electron chi connectivity index (χ3n) is 2.27. The molecule has 0 amide bonds. The number of hydrogen-bond acceptors (Lipinski definition) is 1. The van der Waals surface area contributed by atoms with Gasteiger partial charge in [-0.25, -0.2) is 0 Å². The fourth-order valence-corrected chi connectivity index (χ4v) is 1.22. The van der Waals surface area contributed by atoms with Crippen molar-refractivity contribution in [1.82, 2.24) is 0 Å². The second kappa shape index (κ2) is 9.45. The Morgan fingerprint density at radius 1 is 1.07 bits per heavy atom. The van der Waals surface area contributed by atoms with Gasteiger partial charge >= 0.3 is 0 Å². The summed E-state index contributed by atoms with van der Waals surface area (Å²) in [5.74, 6) is 0. The maximum atomic E-state index is 10.2. The minimum Gasteiger partial charge on any atom is -0.298 e. The lowest BCUT2D eigenvalue weighted by Crippen LogP contribution is -1.82. The van der Waals surface area contributed by atoms with Crippen LogP contribution in [0.15, 0.2) is 24.3 Å². The summed E-state index contributed by atoms with van der Waals surface area (Å²) in [4.78, 5) is 10.2. The zero-order chi connectivity index (χ0) is 11.5. The first-order valence-corrected chi connectivity index (χ1v) is 5.77. The zero-order valence-corrected chi connectivity index (χ0v) is 10.1. The van der Waals surface area contributed by atoms with Gasteiger partial charge in [0.25, 0.3) is 0 Å². The predicted molar refractivity (Wildman–Crippen MR) is 66.4 cm³/mol. The average molecular weight is 206 g/mol. The van der Waals surface area contributed by atoms with Crippen molar-refractivity contribution in [2.75, 3.05) is 0 Å². The van der Waals surface area contributed by atoms with Gasteiger partial charge in [-0.3, -0.25) is 4.79 Å². The lowest BCUT2D eigenvalue weighted by Gasteiger charge is -1.92. The molecule has 0 saturated heterocycles. The molecule has 1 nitrogen and oxygen atoms in total. The van der Waals surface area contributed by atoms with Gasteiger partial charge in [0.2, 0.25) is 0 Å². The van der Waals surface area contributed by atoms with Crippen LogP contribution in [0.1, 0.15) is 55.5 Å². The number of aryl methyl sites for hydroxylation is 1. The predicted octanol–water partition coefficient (Wildman–Crippen LogP) is 4.39. The van der Waals surface area contributed by atoms with Gasteiger partial charge in [-0.2, -0.15) is 0 Å². The first-order valence-electron chi connectivity index (χ1n) is 5.77. The summed E-state index contributed by atoms with van der Waals surface area (Å²) in [6.07, 6.45) is 6.41. The summed E-state index contributed by atoms with van der Waals surface area (Å²) in [7, 11) is 0.